The predicted octanol–water partition coefficient (Wildman–Crippen LogP) is 0.819. The van der Waals surface area contributed by atoms with Crippen LogP contribution in [0.25, 0.3) is 0 Å². The van der Waals surface area contributed by atoms with E-state index >= 15 is 0 Å². The van der Waals surface area contributed by atoms with Crippen molar-refractivity contribution < 1.29 is 34.1 Å². The summed E-state index contributed by atoms with van der Waals surface area (Å²) in [5.74, 6) is -1.33. The number of carbonyl (C=O) groups is 3. The first-order valence-corrected chi connectivity index (χ1v) is 11.4. The quantitative estimate of drug-likeness (QED) is 0.245. The summed E-state index contributed by atoms with van der Waals surface area (Å²) < 4.78 is 10.6. The Morgan fingerprint density at radius 3 is 2.64 bits per heavy atom. The summed E-state index contributed by atoms with van der Waals surface area (Å²) in [6.07, 6.45) is 0.0565. The van der Waals surface area contributed by atoms with Crippen molar-refractivity contribution in [3.8, 4) is 11.5 Å². The molecule has 0 unspecified atom stereocenters. The van der Waals surface area contributed by atoms with Crippen LogP contribution in [0.2, 0.25) is 0 Å². The molecule has 0 radical (unpaired) electrons. The molecule has 0 aromatic heterocycles. The van der Waals surface area contributed by atoms with Crippen molar-refractivity contribution in [2.45, 2.75) is 19.1 Å². The van der Waals surface area contributed by atoms with Crippen molar-refractivity contribution in [1.82, 2.24) is 21.3 Å². The first-order chi connectivity index (χ1) is 17.4. The van der Waals surface area contributed by atoms with E-state index < -0.39 is 30.6 Å². The fourth-order valence-corrected chi connectivity index (χ4v) is 3.18. The fourth-order valence-electron chi connectivity index (χ4n) is 3.18. The maximum Gasteiger partial charge on any atom is 0.408 e. The Hall–Kier alpha value is -4.48. The molecule has 3 rings (SSSR count). The number of aromatic hydroxyl groups is 1. The van der Waals surface area contributed by atoms with Crippen LogP contribution in [0.1, 0.15) is 22.3 Å². The lowest BCUT2D eigenvalue weighted by Crippen LogP contribution is -2.48. The Morgan fingerprint density at radius 1 is 1.14 bits per heavy atom. The Labute approximate surface area is 207 Å². The number of amides is 2. The van der Waals surface area contributed by atoms with E-state index in [-0.39, 0.29) is 17.9 Å². The number of benzene rings is 2. The lowest BCUT2D eigenvalue weighted by Gasteiger charge is -2.16. The molecule has 12 heteroatoms. The van der Waals surface area contributed by atoms with Gasteiger partial charge in [0, 0.05) is 25.7 Å². The molecule has 1 atom stereocenters. The average Bonchev–Trinajstić information content (AvgIpc) is 2.88. The number of rotatable bonds is 11. The van der Waals surface area contributed by atoms with Crippen LogP contribution >= 0.6 is 0 Å². The molecule has 0 fully saturated rings. The summed E-state index contributed by atoms with van der Waals surface area (Å²) >= 11 is 0. The van der Waals surface area contributed by atoms with Crippen LogP contribution in [0.4, 0.5) is 4.79 Å². The molecule has 192 valence electrons. The molecule has 6 N–H and O–H groups in total. The van der Waals surface area contributed by atoms with Crippen molar-refractivity contribution in [3.63, 3.8) is 0 Å². The topological polar surface area (TPSA) is 171 Å². The van der Waals surface area contributed by atoms with Crippen molar-refractivity contribution in [1.29, 1.82) is 0 Å². The third-order valence-corrected chi connectivity index (χ3v) is 5.04. The number of phenolic OH excluding ortho intramolecular Hbond substituents is 1. The molecule has 0 aliphatic carbocycles. The summed E-state index contributed by atoms with van der Waals surface area (Å²) in [6, 6.07) is 11.6. The molecule has 1 heterocycles. The average molecular weight is 500 g/mol. The molecule has 2 aromatic carbocycles. The van der Waals surface area contributed by atoms with Gasteiger partial charge >= 0.3 is 12.1 Å². The summed E-state index contributed by atoms with van der Waals surface area (Å²) in [5.41, 5.74) is 0.666. The van der Waals surface area contributed by atoms with Crippen LogP contribution in [0, 0.1) is 0 Å². The first-order valence-electron chi connectivity index (χ1n) is 11.4. The molecule has 1 aliphatic heterocycles. The third kappa shape index (κ3) is 8.38. The Kier molecular flexibility index (Phi) is 9.74. The highest BCUT2D eigenvalue weighted by Gasteiger charge is 2.22. The molecule has 2 amide bonds. The van der Waals surface area contributed by atoms with Gasteiger partial charge in [0.15, 0.2) is 5.96 Å². The summed E-state index contributed by atoms with van der Waals surface area (Å²) in [4.78, 5) is 40.2. The number of carbonyl (C=O) groups excluding carboxylic acids is 2. The number of hydrogen-bond acceptors (Lipinski definition) is 9. The number of hydrogen-bond donors (Lipinski definition) is 6. The number of carboxylic acid groups (broad SMARTS) is 1. The number of carboxylic acids is 1. The van der Waals surface area contributed by atoms with E-state index in [9.17, 15) is 24.6 Å². The Morgan fingerprint density at radius 2 is 1.94 bits per heavy atom. The molecule has 36 heavy (non-hydrogen) atoms. The normalized spacial score (nSPS) is 13.4. The van der Waals surface area contributed by atoms with Crippen LogP contribution in [0.3, 0.4) is 0 Å². The van der Waals surface area contributed by atoms with Crippen molar-refractivity contribution in [2.24, 2.45) is 4.99 Å². The van der Waals surface area contributed by atoms with Gasteiger partial charge < -0.3 is 41.0 Å². The van der Waals surface area contributed by atoms with Gasteiger partial charge in [-0.05, 0) is 24.1 Å². The maximum absolute atomic E-state index is 12.5. The number of alkyl carbamates (subject to hydrolysis) is 1. The molecule has 0 saturated heterocycles. The number of nitrogens with zero attached hydrogens (tertiary/aromatic N) is 1. The van der Waals surface area contributed by atoms with Crippen LogP contribution in [0.15, 0.2) is 53.5 Å². The number of aliphatic carboxylic acids is 1. The van der Waals surface area contributed by atoms with E-state index in [1.807, 2.05) is 6.07 Å². The van der Waals surface area contributed by atoms with Gasteiger partial charge in [0.05, 0.1) is 12.1 Å². The van der Waals surface area contributed by atoms with E-state index in [4.69, 9.17) is 9.47 Å². The monoisotopic (exact) mass is 499 g/mol. The van der Waals surface area contributed by atoms with Gasteiger partial charge in [-0.15, -0.1) is 0 Å². The van der Waals surface area contributed by atoms with Gasteiger partial charge in [-0.1, -0.05) is 30.3 Å². The van der Waals surface area contributed by atoms with Gasteiger partial charge in [0.1, 0.15) is 30.8 Å². The predicted molar refractivity (Wildman–Crippen MR) is 130 cm³/mol. The van der Waals surface area contributed by atoms with Crippen LogP contribution < -0.4 is 26.0 Å². The summed E-state index contributed by atoms with van der Waals surface area (Å²) in [7, 11) is 0. The van der Waals surface area contributed by atoms with E-state index in [1.54, 1.807) is 24.3 Å². The van der Waals surface area contributed by atoms with E-state index in [2.05, 4.69) is 26.3 Å². The number of aliphatic imine (C=N–C) groups is 1. The highest BCUT2D eigenvalue weighted by Crippen LogP contribution is 2.23. The molecule has 0 saturated carbocycles. The second-order valence-electron chi connectivity index (χ2n) is 7.77. The van der Waals surface area contributed by atoms with Crippen molar-refractivity contribution in [2.75, 3.05) is 32.8 Å². The minimum absolute atomic E-state index is 0.0324. The lowest BCUT2D eigenvalue weighted by molar-refractivity contribution is -0.139. The number of ether oxygens (including phenoxy) is 2. The van der Waals surface area contributed by atoms with Crippen molar-refractivity contribution in [3.05, 3.63) is 59.7 Å². The van der Waals surface area contributed by atoms with Gasteiger partial charge in [-0.25, -0.2) is 9.59 Å². The SMILES string of the molecule is O=C(N[C@@H](CNC(=O)c1ccc(OCCNC2=NCCCN2)cc1O)C(=O)O)OCc1ccccc1. The molecule has 2 aromatic rings. The number of guanidine groups is 1. The van der Waals surface area contributed by atoms with E-state index in [1.165, 1.54) is 18.2 Å². The fraction of sp³-hybridized carbons (Fsp3) is 0.333. The molecule has 0 bridgehead atoms. The highest BCUT2D eigenvalue weighted by molar-refractivity contribution is 5.97. The second-order valence-corrected chi connectivity index (χ2v) is 7.77. The third-order valence-electron chi connectivity index (χ3n) is 5.04. The smallest absolute Gasteiger partial charge is 0.408 e. The minimum Gasteiger partial charge on any atom is -0.507 e. The lowest BCUT2D eigenvalue weighted by atomic mass is 10.1. The zero-order chi connectivity index (χ0) is 25.8. The standard InChI is InChI=1S/C24H29N5O7/c30-20-13-17(35-12-11-27-23-25-9-4-10-26-23)7-8-18(20)21(31)28-14-19(22(32)33)29-24(34)36-15-16-5-2-1-3-6-16/h1-3,5-8,13,19,30H,4,9-12,14-15H2,(H,28,31)(H,29,34)(H,32,33)(H2,25,26,27)/t19-/m0/s1. The summed E-state index contributed by atoms with van der Waals surface area (Å²) in [6.45, 7) is 1.98. The molecule has 1 aliphatic rings. The van der Waals surface area contributed by atoms with Crippen LogP contribution in [-0.2, 0) is 16.1 Å². The largest absolute Gasteiger partial charge is 0.507 e. The van der Waals surface area contributed by atoms with Gasteiger partial charge in [0.25, 0.3) is 5.91 Å². The van der Waals surface area contributed by atoms with Crippen LogP contribution in [-0.4, -0.2) is 73.0 Å². The van der Waals surface area contributed by atoms with Crippen LogP contribution in [0.5, 0.6) is 11.5 Å². The van der Waals surface area contributed by atoms with Gasteiger partial charge in [-0.2, -0.15) is 0 Å². The van der Waals surface area contributed by atoms with Gasteiger partial charge in [-0.3, -0.25) is 9.79 Å². The first kappa shape index (κ1) is 26.1. The maximum atomic E-state index is 12.5. The molecule has 12 nitrogen and oxygen atoms in total. The zero-order valence-corrected chi connectivity index (χ0v) is 19.5. The zero-order valence-electron chi connectivity index (χ0n) is 19.5. The van der Waals surface area contributed by atoms with E-state index in [0.717, 1.165) is 31.0 Å². The number of nitrogens with one attached hydrogen (secondary N) is 4. The number of phenols is 1. The second kappa shape index (κ2) is 13.4. The summed E-state index contributed by atoms with van der Waals surface area (Å²) in [5, 5.41) is 30.4. The van der Waals surface area contributed by atoms with E-state index in [0.29, 0.717) is 18.9 Å². The Bertz CT molecular complexity index is 1080. The molecular formula is C24H29N5O7. The minimum atomic E-state index is -1.43. The highest BCUT2D eigenvalue weighted by atomic mass is 16.5. The Balaban J connectivity index is 1.43. The molecule has 0 spiro atoms. The van der Waals surface area contributed by atoms with Gasteiger partial charge in [0.2, 0.25) is 0 Å². The molecular weight excluding hydrogens is 470 g/mol. The van der Waals surface area contributed by atoms with Crippen molar-refractivity contribution >= 4 is 23.9 Å².